The number of hydrogen-bond acceptors (Lipinski definition) is 4. The van der Waals surface area contributed by atoms with Gasteiger partial charge in [0.05, 0.1) is 7.11 Å². The lowest BCUT2D eigenvalue weighted by molar-refractivity contribution is -0.116. The maximum Gasteiger partial charge on any atom is 0.254 e. The molecule has 6 heteroatoms. The van der Waals surface area contributed by atoms with Crippen molar-refractivity contribution in [2.75, 3.05) is 12.4 Å². The van der Waals surface area contributed by atoms with E-state index in [9.17, 15) is 4.79 Å². The van der Waals surface area contributed by atoms with Gasteiger partial charge in [-0.3, -0.25) is 4.79 Å². The highest BCUT2D eigenvalue weighted by Gasteiger charge is 2.08. The minimum absolute atomic E-state index is 0.0787. The second-order valence-electron chi connectivity index (χ2n) is 5.02. The zero-order valence-electron chi connectivity index (χ0n) is 12.7. The van der Waals surface area contributed by atoms with Crippen molar-refractivity contribution in [3.05, 3.63) is 60.6 Å². The predicted octanol–water partition coefficient (Wildman–Crippen LogP) is 3.05. The maximum atomic E-state index is 12.0. The molecule has 0 aliphatic heterocycles. The monoisotopic (exact) mass is 311 g/mol. The summed E-state index contributed by atoms with van der Waals surface area (Å²) in [5.74, 6) is 0.961. The third-order valence-corrected chi connectivity index (χ3v) is 3.38. The number of aromatic nitrogens is 2. The van der Waals surface area contributed by atoms with Gasteiger partial charge in [0, 0.05) is 42.7 Å². The summed E-state index contributed by atoms with van der Waals surface area (Å²) in [4.78, 5) is 12.0. The molecule has 0 radical (unpaired) electrons. The van der Waals surface area contributed by atoms with Crippen molar-refractivity contribution in [2.45, 2.75) is 12.8 Å². The summed E-state index contributed by atoms with van der Waals surface area (Å²) in [6.07, 6.45) is 4.70. The number of carbonyl (C=O) groups is 1. The standard InChI is InChI=1S/C17H17N3O3/c1-22-17-12-15(23-19-17)7-8-16(21)18-13-5-4-6-14(11-13)20-9-2-3-10-20/h2-6,9-12H,7-8H2,1H3,(H,18,21). The smallest absolute Gasteiger partial charge is 0.254 e. The van der Waals surface area contributed by atoms with Crippen LogP contribution in [0.25, 0.3) is 5.69 Å². The van der Waals surface area contributed by atoms with E-state index >= 15 is 0 Å². The first-order valence-corrected chi connectivity index (χ1v) is 7.27. The first-order chi connectivity index (χ1) is 11.2. The molecule has 0 spiro atoms. The number of ether oxygens (including phenoxy) is 1. The number of nitrogens with zero attached hydrogens (tertiary/aromatic N) is 2. The predicted molar refractivity (Wildman–Crippen MR) is 85.8 cm³/mol. The van der Waals surface area contributed by atoms with E-state index in [4.69, 9.17) is 9.26 Å². The molecule has 2 aromatic heterocycles. The zero-order valence-corrected chi connectivity index (χ0v) is 12.7. The van der Waals surface area contributed by atoms with E-state index in [1.807, 2.05) is 53.4 Å². The van der Waals surface area contributed by atoms with Crippen LogP contribution < -0.4 is 10.1 Å². The molecule has 6 nitrogen and oxygen atoms in total. The SMILES string of the molecule is COc1cc(CCC(=O)Nc2cccc(-n3cccc3)c2)on1. The van der Waals surface area contributed by atoms with Crippen molar-refractivity contribution in [3.8, 4) is 11.6 Å². The lowest BCUT2D eigenvalue weighted by Gasteiger charge is -2.08. The number of anilines is 1. The van der Waals surface area contributed by atoms with E-state index in [2.05, 4.69) is 10.5 Å². The fourth-order valence-corrected chi connectivity index (χ4v) is 2.22. The quantitative estimate of drug-likeness (QED) is 0.759. The van der Waals surface area contributed by atoms with E-state index in [0.717, 1.165) is 11.4 Å². The van der Waals surface area contributed by atoms with Gasteiger partial charge in [0.1, 0.15) is 5.76 Å². The molecule has 1 N–H and O–H groups in total. The molecular formula is C17H17N3O3. The topological polar surface area (TPSA) is 69.3 Å². The van der Waals surface area contributed by atoms with E-state index in [1.54, 1.807) is 6.07 Å². The largest absolute Gasteiger partial charge is 0.479 e. The van der Waals surface area contributed by atoms with Crippen molar-refractivity contribution in [3.63, 3.8) is 0 Å². The molecule has 118 valence electrons. The summed E-state index contributed by atoms with van der Waals surface area (Å²) in [6.45, 7) is 0. The highest BCUT2D eigenvalue weighted by atomic mass is 16.5. The molecule has 1 aromatic carbocycles. The average molecular weight is 311 g/mol. The number of amides is 1. The van der Waals surface area contributed by atoms with E-state index in [1.165, 1.54) is 7.11 Å². The Morgan fingerprint density at radius 1 is 1.26 bits per heavy atom. The van der Waals surface area contributed by atoms with Crippen LogP contribution in [0.2, 0.25) is 0 Å². The van der Waals surface area contributed by atoms with Gasteiger partial charge in [-0.15, -0.1) is 0 Å². The lowest BCUT2D eigenvalue weighted by atomic mass is 10.2. The number of carbonyl (C=O) groups excluding carboxylic acids is 1. The van der Waals surface area contributed by atoms with Gasteiger partial charge in [0.2, 0.25) is 5.91 Å². The Morgan fingerprint density at radius 2 is 2.09 bits per heavy atom. The summed E-state index contributed by atoms with van der Waals surface area (Å²) < 4.78 is 12.0. The summed E-state index contributed by atoms with van der Waals surface area (Å²) >= 11 is 0. The summed E-state index contributed by atoms with van der Waals surface area (Å²) in [5, 5.41) is 6.59. The van der Waals surface area contributed by atoms with E-state index in [0.29, 0.717) is 24.5 Å². The summed E-state index contributed by atoms with van der Waals surface area (Å²) in [5.41, 5.74) is 1.75. The molecule has 0 bridgehead atoms. The molecule has 0 aliphatic carbocycles. The number of methoxy groups -OCH3 is 1. The van der Waals surface area contributed by atoms with Crippen LogP contribution in [0.3, 0.4) is 0 Å². The fraction of sp³-hybridized carbons (Fsp3) is 0.176. The van der Waals surface area contributed by atoms with Gasteiger partial charge < -0.3 is 19.1 Å². The Hall–Kier alpha value is -3.02. The van der Waals surface area contributed by atoms with Crippen LogP contribution in [0.15, 0.2) is 59.4 Å². The van der Waals surface area contributed by atoms with Crippen LogP contribution in [-0.4, -0.2) is 22.7 Å². The minimum Gasteiger partial charge on any atom is -0.479 e. The van der Waals surface area contributed by atoms with Crippen molar-refractivity contribution in [2.24, 2.45) is 0 Å². The summed E-state index contributed by atoms with van der Waals surface area (Å²) in [7, 11) is 1.52. The van der Waals surface area contributed by atoms with Crippen LogP contribution in [-0.2, 0) is 11.2 Å². The maximum absolute atomic E-state index is 12.0. The second-order valence-corrected chi connectivity index (χ2v) is 5.02. The second kappa shape index (κ2) is 6.83. The Morgan fingerprint density at radius 3 is 2.83 bits per heavy atom. The molecular weight excluding hydrogens is 294 g/mol. The molecule has 0 saturated carbocycles. The van der Waals surface area contributed by atoms with Crippen LogP contribution in [0.1, 0.15) is 12.2 Å². The van der Waals surface area contributed by atoms with Gasteiger partial charge in [-0.25, -0.2) is 0 Å². The molecule has 0 saturated heterocycles. The Kier molecular flexibility index (Phi) is 4.42. The third kappa shape index (κ3) is 3.79. The average Bonchev–Trinajstić information content (AvgIpc) is 3.25. The van der Waals surface area contributed by atoms with Gasteiger partial charge in [-0.2, -0.15) is 0 Å². The Bertz CT molecular complexity index is 778. The van der Waals surface area contributed by atoms with Gasteiger partial charge in [-0.05, 0) is 35.5 Å². The number of hydrogen-bond donors (Lipinski definition) is 1. The first kappa shape index (κ1) is 14.9. The number of benzene rings is 1. The van der Waals surface area contributed by atoms with Gasteiger partial charge in [0.25, 0.3) is 5.88 Å². The van der Waals surface area contributed by atoms with Crippen LogP contribution >= 0.6 is 0 Å². The highest BCUT2D eigenvalue weighted by molar-refractivity contribution is 5.91. The van der Waals surface area contributed by atoms with Crippen LogP contribution in [0.4, 0.5) is 5.69 Å². The number of rotatable bonds is 6. The van der Waals surface area contributed by atoms with Crippen LogP contribution in [0, 0.1) is 0 Å². The van der Waals surface area contributed by atoms with E-state index in [-0.39, 0.29) is 5.91 Å². The van der Waals surface area contributed by atoms with Gasteiger partial charge in [-0.1, -0.05) is 6.07 Å². The molecule has 0 aliphatic rings. The molecule has 2 heterocycles. The van der Waals surface area contributed by atoms with E-state index < -0.39 is 0 Å². The normalized spacial score (nSPS) is 10.5. The molecule has 1 amide bonds. The first-order valence-electron chi connectivity index (χ1n) is 7.27. The third-order valence-electron chi connectivity index (χ3n) is 3.38. The minimum atomic E-state index is -0.0787. The molecule has 0 atom stereocenters. The van der Waals surface area contributed by atoms with Crippen molar-refractivity contribution < 1.29 is 14.1 Å². The number of nitrogens with one attached hydrogen (secondary N) is 1. The molecule has 3 rings (SSSR count). The van der Waals surface area contributed by atoms with Crippen molar-refractivity contribution in [1.29, 1.82) is 0 Å². The highest BCUT2D eigenvalue weighted by Crippen LogP contribution is 2.16. The fourth-order valence-electron chi connectivity index (χ4n) is 2.22. The number of aryl methyl sites for hydroxylation is 1. The molecule has 23 heavy (non-hydrogen) atoms. The Balaban J connectivity index is 1.58. The molecule has 0 fully saturated rings. The van der Waals surface area contributed by atoms with Gasteiger partial charge in [0.15, 0.2) is 0 Å². The molecule has 0 unspecified atom stereocenters. The summed E-state index contributed by atoms with van der Waals surface area (Å²) in [6, 6.07) is 13.3. The zero-order chi connectivity index (χ0) is 16.1. The Labute approximate surface area is 133 Å². The van der Waals surface area contributed by atoms with Crippen LogP contribution in [0.5, 0.6) is 5.88 Å². The van der Waals surface area contributed by atoms with Crippen molar-refractivity contribution >= 4 is 11.6 Å². The lowest BCUT2D eigenvalue weighted by Crippen LogP contribution is -2.12. The van der Waals surface area contributed by atoms with Crippen molar-refractivity contribution in [1.82, 2.24) is 9.72 Å². The van der Waals surface area contributed by atoms with Gasteiger partial charge >= 0.3 is 0 Å². The molecule has 3 aromatic rings.